The van der Waals surface area contributed by atoms with Gasteiger partial charge in [-0.3, -0.25) is 4.90 Å². The zero-order valence-corrected chi connectivity index (χ0v) is 14.1. The minimum Gasteiger partial charge on any atom is -0.497 e. The molecule has 1 aliphatic carbocycles. The number of nitrogens with one attached hydrogen (secondary N) is 1. The highest BCUT2D eigenvalue weighted by atomic mass is 16.5. The molecular formula is C20H26N2O. The number of methoxy groups -OCH3 is 1. The summed E-state index contributed by atoms with van der Waals surface area (Å²) < 4.78 is 5.46. The molecule has 0 radical (unpaired) electrons. The fourth-order valence-corrected chi connectivity index (χ4v) is 5.80. The van der Waals surface area contributed by atoms with Crippen LogP contribution in [0.5, 0.6) is 5.75 Å². The molecule has 4 aliphatic rings. The number of hydrogen-bond donors (Lipinski definition) is 1. The van der Waals surface area contributed by atoms with Gasteiger partial charge in [-0.05, 0) is 54.9 Å². The van der Waals surface area contributed by atoms with Crippen molar-refractivity contribution in [3.8, 4) is 5.75 Å². The Hall–Kier alpha value is -1.48. The van der Waals surface area contributed by atoms with E-state index in [1.807, 2.05) is 0 Å². The third-order valence-corrected chi connectivity index (χ3v) is 6.72. The van der Waals surface area contributed by atoms with Crippen LogP contribution in [0.1, 0.15) is 43.4 Å². The number of aromatic amines is 1. The number of nitrogens with zero attached hydrogens (tertiary/aromatic N) is 1. The molecule has 3 aliphatic heterocycles. The van der Waals surface area contributed by atoms with Crippen LogP contribution in [0.15, 0.2) is 18.2 Å². The molecule has 122 valence electrons. The van der Waals surface area contributed by atoms with E-state index in [0.717, 1.165) is 23.6 Å². The molecule has 5 atom stereocenters. The summed E-state index contributed by atoms with van der Waals surface area (Å²) in [6.45, 7) is 4.95. The number of fused-ring (bicyclic) bond motifs is 4. The zero-order valence-electron chi connectivity index (χ0n) is 14.1. The van der Waals surface area contributed by atoms with Gasteiger partial charge < -0.3 is 9.72 Å². The van der Waals surface area contributed by atoms with Crippen LogP contribution in [0.25, 0.3) is 10.9 Å². The van der Waals surface area contributed by atoms with E-state index in [1.54, 1.807) is 18.4 Å². The average molecular weight is 310 g/mol. The van der Waals surface area contributed by atoms with Gasteiger partial charge in [0.05, 0.1) is 7.11 Å². The number of hydrogen-bond acceptors (Lipinski definition) is 2. The Morgan fingerprint density at radius 3 is 3.04 bits per heavy atom. The van der Waals surface area contributed by atoms with Crippen molar-refractivity contribution in [1.82, 2.24) is 9.88 Å². The summed E-state index contributed by atoms with van der Waals surface area (Å²) in [5, 5.41) is 1.39. The number of aromatic nitrogens is 1. The summed E-state index contributed by atoms with van der Waals surface area (Å²) in [5.41, 5.74) is 4.40. The highest BCUT2D eigenvalue weighted by Gasteiger charge is 2.48. The van der Waals surface area contributed by atoms with E-state index in [-0.39, 0.29) is 0 Å². The van der Waals surface area contributed by atoms with Crippen molar-refractivity contribution in [2.75, 3.05) is 20.2 Å². The lowest BCUT2D eigenvalue weighted by Gasteiger charge is -2.53. The van der Waals surface area contributed by atoms with Gasteiger partial charge in [-0.25, -0.2) is 0 Å². The zero-order chi connectivity index (χ0) is 15.6. The van der Waals surface area contributed by atoms with Gasteiger partial charge in [0.2, 0.25) is 0 Å². The van der Waals surface area contributed by atoms with Gasteiger partial charge in [0.15, 0.2) is 0 Å². The quantitative estimate of drug-likeness (QED) is 0.910. The van der Waals surface area contributed by atoms with Crippen molar-refractivity contribution in [1.29, 1.82) is 0 Å². The Morgan fingerprint density at radius 2 is 2.22 bits per heavy atom. The second-order valence-corrected chi connectivity index (χ2v) is 7.78. The number of H-pyrrole nitrogens is 1. The molecule has 1 aromatic carbocycles. The van der Waals surface area contributed by atoms with Crippen LogP contribution in [0.2, 0.25) is 0 Å². The molecule has 1 aromatic heterocycles. The van der Waals surface area contributed by atoms with E-state index in [9.17, 15) is 0 Å². The predicted octanol–water partition coefficient (Wildman–Crippen LogP) is 3.94. The summed E-state index contributed by atoms with van der Waals surface area (Å²) >= 11 is 0. The molecule has 0 spiro atoms. The lowest BCUT2D eigenvalue weighted by molar-refractivity contribution is -0.0134. The first kappa shape index (κ1) is 13.9. The molecule has 3 fully saturated rings. The maximum absolute atomic E-state index is 5.46. The van der Waals surface area contributed by atoms with Gasteiger partial charge in [0, 0.05) is 41.6 Å². The van der Waals surface area contributed by atoms with E-state index in [0.29, 0.717) is 5.92 Å². The SMILES string of the molecule is CC[C@H]1CC2C[C@H]3c4[nH]c5ccc(OC)cc5c4CCN(C2)[C@@H]13. The summed E-state index contributed by atoms with van der Waals surface area (Å²) in [6.07, 6.45) is 5.35. The molecule has 3 nitrogen and oxygen atoms in total. The van der Waals surface area contributed by atoms with Crippen molar-refractivity contribution in [2.24, 2.45) is 11.8 Å². The third-order valence-electron chi connectivity index (χ3n) is 6.72. The minimum absolute atomic E-state index is 0.711. The molecule has 1 saturated carbocycles. The summed E-state index contributed by atoms with van der Waals surface area (Å²) in [4.78, 5) is 6.63. The summed E-state index contributed by atoms with van der Waals surface area (Å²) in [6, 6.07) is 7.26. The van der Waals surface area contributed by atoms with Crippen LogP contribution in [0.4, 0.5) is 0 Å². The molecule has 6 rings (SSSR count). The van der Waals surface area contributed by atoms with Crippen LogP contribution in [0.3, 0.4) is 0 Å². The molecule has 4 bridgehead atoms. The third kappa shape index (κ3) is 1.92. The van der Waals surface area contributed by atoms with Gasteiger partial charge in [0.25, 0.3) is 0 Å². The lowest BCUT2D eigenvalue weighted by atomic mass is 9.65. The van der Waals surface area contributed by atoms with Crippen molar-refractivity contribution in [3.63, 3.8) is 0 Å². The van der Waals surface area contributed by atoms with Gasteiger partial charge in [-0.15, -0.1) is 0 Å². The van der Waals surface area contributed by atoms with Crippen LogP contribution >= 0.6 is 0 Å². The smallest absolute Gasteiger partial charge is 0.119 e. The molecule has 3 heteroatoms. The van der Waals surface area contributed by atoms with Gasteiger partial charge in [-0.1, -0.05) is 13.3 Å². The monoisotopic (exact) mass is 310 g/mol. The van der Waals surface area contributed by atoms with Gasteiger partial charge >= 0.3 is 0 Å². The van der Waals surface area contributed by atoms with Crippen LogP contribution in [-0.2, 0) is 6.42 Å². The van der Waals surface area contributed by atoms with Crippen LogP contribution in [-0.4, -0.2) is 36.1 Å². The van der Waals surface area contributed by atoms with E-state index in [4.69, 9.17) is 4.74 Å². The second kappa shape index (κ2) is 5.01. The first-order valence-corrected chi connectivity index (χ1v) is 9.21. The van der Waals surface area contributed by atoms with Crippen LogP contribution in [0, 0.1) is 11.8 Å². The Morgan fingerprint density at radius 1 is 1.30 bits per heavy atom. The van der Waals surface area contributed by atoms with Crippen molar-refractivity contribution in [3.05, 3.63) is 29.5 Å². The topological polar surface area (TPSA) is 28.3 Å². The molecule has 0 amide bonds. The van der Waals surface area contributed by atoms with E-state index in [1.165, 1.54) is 49.7 Å². The Labute approximate surface area is 138 Å². The molecule has 2 unspecified atom stereocenters. The standard InChI is InChI=1S/C20H26N2O/c1-3-13-8-12-9-17-19-15(6-7-22(11-12)20(13)17)16-10-14(23-2)4-5-18(16)21-19/h4-5,10,12-13,17,20-21H,3,6-9,11H2,1-2H3/t12?,13-,17-,20-/m0/s1. The molecule has 1 N–H and O–H groups in total. The highest BCUT2D eigenvalue weighted by molar-refractivity contribution is 5.86. The molecule has 4 heterocycles. The second-order valence-electron chi connectivity index (χ2n) is 7.78. The number of rotatable bonds is 2. The summed E-state index contributed by atoms with van der Waals surface area (Å²) in [7, 11) is 1.76. The molecule has 23 heavy (non-hydrogen) atoms. The summed E-state index contributed by atoms with van der Waals surface area (Å²) in [5.74, 6) is 3.48. The molecule has 2 saturated heterocycles. The number of ether oxygens (including phenoxy) is 1. The van der Waals surface area contributed by atoms with Crippen molar-refractivity contribution >= 4 is 10.9 Å². The average Bonchev–Trinajstić information content (AvgIpc) is 2.92. The van der Waals surface area contributed by atoms with Gasteiger partial charge in [0.1, 0.15) is 5.75 Å². The van der Waals surface area contributed by atoms with E-state index >= 15 is 0 Å². The van der Waals surface area contributed by atoms with Gasteiger partial charge in [-0.2, -0.15) is 0 Å². The first-order chi connectivity index (χ1) is 11.3. The lowest BCUT2D eigenvalue weighted by Crippen LogP contribution is -2.56. The van der Waals surface area contributed by atoms with Crippen molar-refractivity contribution in [2.45, 2.75) is 44.6 Å². The normalized spacial score (nSPS) is 35.1. The van der Waals surface area contributed by atoms with E-state index in [2.05, 4.69) is 35.0 Å². The fraction of sp³-hybridized carbons (Fsp3) is 0.600. The number of piperidine rings is 2. The van der Waals surface area contributed by atoms with Crippen LogP contribution < -0.4 is 4.74 Å². The Bertz CT molecular complexity index is 749. The highest BCUT2D eigenvalue weighted by Crippen LogP contribution is 2.51. The van der Waals surface area contributed by atoms with E-state index < -0.39 is 0 Å². The molecule has 2 aromatic rings. The maximum Gasteiger partial charge on any atom is 0.119 e. The largest absolute Gasteiger partial charge is 0.497 e. The minimum atomic E-state index is 0.711. The van der Waals surface area contributed by atoms with Crippen molar-refractivity contribution < 1.29 is 4.74 Å². The fourth-order valence-electron chi connectivity index (χ4n) is 5.80. The molecular weight excluding hydrogens is 284 g/mol. The Kier molecular flexibility index (Phi) is 3.03. The first-order valence-electron chi connectivity index (χ1n) is 9.21. The predicted molar refractivity (Wildman–Crippen MR) is 93.2 cm³/mol. The number of benzene rings is 1. The maximum atomic E-state index is 5.46. The Balaban J connectivity index is 1.66.